The smallest absolute Gasteiger partial charge is 0.193 e. The topological polar surface area (TPSA) is 93.1 Å². The highest BCUT2D eigenvalue weighted by atomic mass is 19.1. The van der Waals surface area contributed by atoms with Crippen LogP contribution in [0.1, 0.15) is 58.8 Å². The summed E-state index contributed by atoms with van der Waals surface area (Å²) in [5.74, 6) is -1.11. The number of alkyl halides is 1. The Hall–Kier alpha value is -1.41. The van der Waals surface area contributed by atoms with E-state index in [1.165, 1.54) is 12.2 Å². The number of allylic oxidation sites excluding steroid dienone is 4. The Kier molecular flexibility index (Phi) is 4.57. The first kappa shape index (κ1) is 22.1. The number of halogens is 1. The zero-order valence-electron chi connectivity index (χ0n) is 19.3. The minimum Gasteiger partial charge on any atom is -0.390 e. The molecule has 7 heteroatoms. The minimum absolute atomic E-state index is 0.0400. The second kappa shape index (κ2) is 6.84. The lowest BCUT2D eigenvalue weighted by molar-refractivity contribution is -0.237. The number of Topliss-reactive ketones (excluding diaryl/α,β-unsaturated/α-hetero) is 1. The van der Waals surface area contributed by atoms with E-state index in [9.17, 15) is 19.8 Å². The molecule has 6 nitrogen and oxygen atoms in total. The number of hydrogen-bond acceptors (Lipinski definition) is 6. The van der Waals surface area contributed by atoms with Gasteiger partial charge in [-0.15, -0.1) is 0 Å². The maximum Gasteiger partial charge on any atom is 0.193 e. The van der Waals surface area contributed by atoms with Crippen LogP contribution in [0.2, 0.25) is 0 Å². The van der Waals surface area contributed by atoms with Crippen molar-refractivity contribution < 1.29 is 33.7 Å². The summed E-state index contributed by atoms with van der Waals surface area (Å²) in [6.45, 7) is 3.04. The van der Waals surface area contributed by atoms with Crippen LogP contribution in [0.4, 0.5) is 4.39 Å². The third-order valence-electron chi connectivity index (χ3n) is 10.5. The maximum absolute atomic E-state index is 17.2. The van der Waals surface area contributed by atoms with Crippen molar-refractivity contribution in [3.8, 4) is 0 Å². The number of ether oxygens (including phenoxy) is 2. The SMILES string of the molecule is C[C@]12C=CC(=O)C=C1CC[C@H]1C3C[C@H]4O[C@@H](C5CCC5)O[C@@]4(C(=O)CO)[C@@]3(C)C[C@H](O)[C@@]12F. The summed E-state index contributed by atoms with van der Waals surface area (Å²) in [5.41, 5.74) is -4.54. The summed E-state index contributed by atoms with van der Waals surface area (Å²) < 4.78 is 30.1. The Bertz CT molecular complexity index is 972. The van der Waals surface area contributed by atoms with Gasteiger partial charge in [0.05, 0.1) is 12.2 Å². The summed E-state index contributed by atoms with van der Waals surface area (Å²) in [6.07, 6.45) is 6.81. The second-order valence-corrected chi connectivity index (χ2v) is 11.6. The van der Waals surface area contributed by atoms with Crippen LogP contribution in [0, 0.1) is 28.6 Å². The molecule has 0 aromatic carbocycles. The van der Waals surface area contributed by atoms with E-state index in [0.717, 1.165) is 24.8 Å². The first-order valence-corrected chi connectivity index (χ1v) is 12.4. The van der Waals surface area contributed by atoms with E-state index in [2.05, 4.69) is 0 Å². The number of fused-ring (bicyclic) bond motifs is 7. The maximum atomic E-state index is 17.2. The molecule has 2 N–H and O–H groups in total. The predicted octanol–water partition coefficient (Wildman–Crippen LogP) is 2.81. The summed E-state index contributed by atoms with van der Waals surface area (Å²) in [5, 5.41) is 21.4. The highest BCUT2D eigenvalue weighted by Gasteiger charge is 2.79. The van der Waals surface area contributed by atoms with E-state index in [4.69, 9.17) is 9.47 Å². The van der Waals surface area contributed by atoms with E-state index >= 15 is 4.39 Å². The fourth-order valence-electron chi connectivity index (χ4n) is 8.52. The lowest BCUT2D eigenvalue weighted by Gasteiger charge is -2.62. The van der Waals surface area contributed by atoms with Gasteiger partial charge in [-0.2, -0.15) is 0 Å². The zero-order chi connectivity index (χ0) is 23.4. The van der Waals surface area contributed by atoms with Crippen molar-refractivity contribution in [1.82, 2.24) is 0 Å². The Balaban J connectivity index is 1.43. The summed E-state index contributed by atoms with van der Waals surface area (Å²) in [4.78, 5) is 25.3. The zero-order valence-corrected chi connectivity index (χ0v) is 19.3. The molecule has 180 valence electrons. The van der Waals surface area contributed by atoms with E-state index in [0.29, 0.717) is 19.3 Å². The average Bonchev–Trinajstić information content (AvgIpc) is 3.21. The molecule has 0 radical (unpaired) electrons. The first-order valence-electron chi connectivity index (χ1n) is 12.4. The highest BCUT2D eigenvalue weighted by molar-refractivity contribution is 6.01. The second-order valence-electron chi connectivity index (χ2n) is 11.6. The summed E-state index contributed by atoms with van der Waals surface area (Å²) >= 11 is 0. The molecule has 9 atom stereocenters. The molecular formula is C26H33FO6. The van der Waals surface area contributed by atoms with Crippen LogP contribution < -0.4 is 0 Å². The molecule has 1 unspecified atom stereocenters. The fraction of sp³-hybridized carbons (Fsp3) is 0.769. The molecule has 1 saturated heterocycles. The first-order chi connectivity index (χ1) is 15.6. The molecule has 0 amide bonds. The van der Waals surface area contributed by atoms with Gasteiger partial charge in [0.15, 0.2) is 29.1 Å². The molecule has 5 aliphatic carbocycles. The van der Waals surface area contributed by atoms with E-state index in [1.807, 2.05) is 6.92 Å². The molecule has 33 heavy (non-hydrogen) atoms. The standard InChI is InChI=1S/C26H33FO6/c1-23-9-8-16(29)10-15(23)6-7-17-18-11-21-26(20(31)13-28,33-22(32-21)14-4-3-5-14)24(18,2)12-19(30)25(17,23)27/h8-10,14,17-19,21-22,28,30H,3-7,11-13H2,1-2H3/t17-,18?,19-,21+,22+,23-,24-,25-,26+/m0/s1. The molecular weight excluding hydrogens is 427 g/mol. The molecule has 6 rings (SSSR count). The number of aliphatic hydroxyl groups is 2. The monoisotopic (exact) mass is 460 g/mol. The number of hydrogen-bond donors (Lipinski definition) is 2. The molecule has 4 saturated carbocycles. The van der Waals surface area contributed by atoms with Crippen LogP contribution >= 0.6 is 0 Å². The van der Waals surface area contributed by atoms with Gasteiger partial charge in [-0.1, -0.05) is 25.0 Å². The van der Waals surface area contributed by atoms with Crippen molar-refractivity contribution in [1.29, 1.82) is 0 Å². The van der Waals surface area contributed by atoms with Crippen molar-refractivity contribution in [2.75, 3.05) is 6.61 Å². The van der Waals surface area contributed by atoms with Gasteiger partial charge < -0.3 is 19.7 Å². The molecule has 0 aromatic rings. The largest absolute Gasteiger partial charge is 0.390 e. The van der Waals surface area contributed by atoms with Gasteiger partial charge >= 0.3 is 0 Å². The molecule has 0 bridgehead atoms. The van der Waals surface area contributed by atoms with Gasteiger partial charge in [-0.05, 0) is 63.5 Å². The number of carbonyl (C=O) groups is 2. The van der Waals surface area contributed by atoms with E-state index in [1.54, 1.807) is 13.0 Å². The van der Waals surface area contributed by atoms with Gasteiger partial charge in [-0.3, -0.25) is 9.59 Å². The molecule has 1 aliphatic heterocycles. The average molecular weight is 461 g/mol. The number of rotatable bonds is 3. The van der Waals surface area contributed by atoms with E-state index < -0.39 is 58.9 Å². The Morgan fingerprint density at radius 1 is 1.24 bits per heavy atom. The van der Waals surface area contributed by atoms with Crippen LogP contribution in [0.3, 0.4) is 0 Å². The number of ketones is 2. The van der Waals surface area contributed by atoms with Crippen LogP contribution in [0.25, 0.3) is 0 Å². The lowest BCUT2D eigenvalue weighted by atomic mass is 9.44. The van der Waals surface area contributed by atoms with E-state index in [-0.39, 0.29) is 24.0 Å². The Labute approximate surface area is 193 Å². The van der Waals surface area contributed by atoms with Crippen molar-refractivity contribution in [2.24, 2.45) is 28.6 Å². The van der Waals surface area contributed by atoms with Crippen LogP contribution in [0.5, 0.6) is 0 Å². The fourth-order valence-corrected chi connectivity index (χ4v) is 8.52. The third-order valence-corrected chi connectivity index (χ3v) is 10.5. The summed E-state index contributed by atoms with van der Waals surface area (Å²) in [7, 11) is 0. The predicted molar refractivity (Wildman–Crippen MR) is 116 cm³/mol. The van der Waals surface area contributed by atoms with Gasteiger partial charge in [0.2, 0.25) is 0 Å². The van der Waals surface area contributed by atoms with Crippen LogP contribution in [0.15, 0.2) is 23.8 Å². The van der Waals surface area contributed by atoms with Crippen molar-refractivity contribution in [3.63, 3.8) is 0 Å². The Morgan fingerprint density at radius 3 is 2.67 bits per heavy atom. The highest BCUT2D eigenvalue weighted by Crippen LogP contribution is 2.72. The van der Waals surface area contributed by atoms with Gasteiger partial charge in [0, 0.05) is 22.7 Å². The van der Waals surface area contributed by atoms with Crippen LogP contribution in [-0.4, -0.2) is 58.2 Å². The third kappa shape index (κ3) is 2.42. The molecule has 1 heterocycles. The van der Waals surface area contributed by atoms with Gasteiger partial charge in [0.25, 0.3) is 0 Å². The summed E-state index contributed by atoms with van der Waals surface area (Å²) in [6, 6.07) is 0. The van der Waals surface area contributed by atoms with Gasteiger partial charge in [0.1, 0.15) is 6.61 Å². The Morgan fingerprint density at radius 2 is 2.00 bits per heavy atom. The quantitative estimate of drug-likeness (QED) is 0.673. The lowest BCUT2D eigenvalue weighted by Crippen LogP contribution is -2.69. The minimum atomic E-state index is -1.96. The van der Waals surface area contributed by atoms with Crippen molar-refractivity contribution in [2.45, 2.75) is 88.6 Å². The molecule has 0 spiro atoms. The van der Waals surface area contributed by atoms with Crippen molar-refractivity contribution in [3.05, 3.63) is 23.8 Å². The molecule has 5 fully saturated rings. The van der Waals surface area contributed by atoms with Crippen molar-refractivity contribution >= 4 is 11.6 Å². The number of carbonyl (C=O) groups excluding carboxylic acids is 2. The normalized spacial score (nSPS) is 52.9. The number of aliphatic hydroxyl groups excluding tert-OH is 2. The molecule has 6 aliphatic rings. The van der Waals surface area contributed by atoms with Crippen LogP contribution in [-0.2, 0) is 19.1 Å². The van der Waals surface area contributed by atoms with Gasteiger partial charge in [-0.25, -0.2) is 4.39 Å². The molecule has 0 aromatic heterocycles.